The van der Waals surface area contributed by atoms with Gasteiger partial charge in [0.1, 0.15) is 17.9 Å². The number of methoxy groups -OCH3 is 1. The second-order valence-electron chi connectivity index (χ2n) is 9.36. The van der Waals surface area contributed by atoms with E-state index in [9.17, 15) is 18.3 Å². The number of carbonyl (C=O) groups is 1. The smallest absolute Gasteiger partial charge is 0.322 e. The molecule has 0 aromatic heterocycles. The van der Waals surface area contributed by atoms with E-state index >= 15 is 0 Å². The van der Waals surface area contributed by atoms with Gasteiger partial charge in [-0.2, -0.15) is 4.31 Å². The molecule has 0 aliphatic carbocycles. The van der Waals surface area contributed by atoms with Gasteiger partial charge < -0.3 is 14.6 Å². The molecule has 1 aliphatic rings. The molecule has 1 heterocycles. The topological polar surface area (TPSA) is 93.1 Å². The van der Waals surface area contributed by atoms with Gasteiger partial charge in [0.2, 0.25) is 10.0 Å². The Morgan fingerprint density at radius 2 is 1.46 bits per heavy atom. The molecule has 0 radical (unpaired) electrons. The van der Waals surface area contributed by atoms with Crippen molar-refractivity contribution in [2.75, 3.05) is 7.11 Å². The molecule has 39 heavy (non-hydrogen) atoms. The molecular weight excluding hydrogens is 514 g/mol. The molecule has 1 unspecified atom stereocenters. The second kappa shape index (κ2) is 11.3. The fourth-order valence-corrected chi connectivity index (χ4v) is 7.16. The van der Waals surface area contributed by atoms with E-state index in [0.717, 1.165) is 9.87 Å². The van der Waals surface area contributed by atoms with Crippen LogP contribution in [0.4, 0.5) is 0 Å². The fourth-order valence-electron chi connectivity index (χ4n) is 5.05. The first-order chi connectivity index (χ1) is 18.9. The standard InChI is InChI=1S/C31H29NO6S/c1-37-28-18-17-25-20-32(27(31(33)34)19-26(25)29(28)38-21-22-11-5-2-6-12-22)39(35,36)30(23-13-7-3-8-14-23)24-15-9-4-10-16-24/h2-18,27,30H,19-21H2,1H3,(H,33,34). The van der Waals surface area contributed by atoms with E-state index in [0.29, 0.717) is 33.8 Å². The van der Waals surface area contributed by atoms with E-state index in [1.165, 1.54) is 7.11 Å². The Labute approximate surface area is 228 Å². The number of nitrogens with zero attached hydrogens (tertiary/aromatic N) is 1. The van der Waals surface area contributed by atoms with Gasteiger partial charge in [-0.25, -0.2) is 8.42 Å². The number of sulfonamides is 1. The third-order valence-corrected chi connectivity index (χ3v) is 9.13. The summed E-state index contributed by atoms with van der Waals surface area (Å²) in [6, 6.07) is 29.6. The van der Waals surface area contributed by atoms with E-state index in [1.807, 2.05) is 42.5 Å². The zero-order chi connectivity index (χ0) is 27.4. The predicted molar refractivity (Wildman–Crippen MR) is 148 cm³/mol. The molecule has 4 aromatic rings. The molecule has 1 N–H and O–H groups in total. The van der Waals surface area contributed by atoms with Crippen LogP contribution in [0.1, 0.15) is 33.1 Å². The number of fused-ring (bicyclic) bond motifs is 1. The lowest BCUT2D eigenvalue weighted by atomic mass is 9.94. The summed E-state index contributed by atoms with van der Waals surface area (Å²) in [7, 11) is -2.65. The van der Waals surface area contributed by atoms with Crippen molar-refractivity contribution in [1.82, 2.24) is 4.31 Å². The van der Waals surface area contributed by atoms with Gasteiger partial charge in [0.15, 0.2) is 11.5 Å². The van der Waals surface area contributed by atoms with Crippen LogP contribution in [0.15, 0.2) is 103 Å². The molecule has 0 saturated heterocycles. The zero-order valence-electron chi connectivity index (χ0n) is 21.4. The summed E-state index contributed by atoms with van der Waals surface area (Å²) in [4.78, 5) is 12.6. The van der Waals surface area contributed by atoms with Crippen LogP contribution in [0.5, 0.6) is 11.5 Å². The maximum absolute atomic E-state index is 14.3. The molecular formula is C31H29NO6S. The highest BCUT2D eigenvalue weighted by atomic mass is 32.2. The molecule has 200 valence electrons. The van der Waals surface area contributed by atoms with E-state index in [1.54, 1.807) is 60.7 Å². The van der Waals surface area contributed by atoms with Gasteiger partial charge in [-0.05, 0) is 28.3 Å². The van der Waals surface area contributed by atoms with Gasteiger partial charge in [-0.1, -0.05) is 97.1 Å². The molecule has 7 nitrogen and oxygen atoms in total. The Kier molecular flexibility index (Phi) is 7.67. The number of aliphatic carboxylic acids is 1. The number of carboxylic acids is 1. The average molecular weight is 544 g/mol. The van der Waals surface area contributed by atoms with E-state index in [2.05, 4.69) is 0 Å². The van der Waals surface area contributed by atoms with Crippen molar-refractivity contribution in [3.8, 4) is 11.5 Å². The lowest BCUT2D eigenvalue weighted by Gasteiger charge is -2.37. The van der Waals surface area contributed by atoms with Crippen LogP contribution in [-0.2, 0) is 34.4 Å². The highest BCUT2D eigenvalue weighted by Crippen LogP contribution is 2.42. The Hall–Kier alpha value is -4.14. The van der Waals surface area contributed by atoms with E-state index in [4.69, 9.17) is 9.47 Å². The molecule has 8 heteroatoms. The lowest BCUT2D eigenvalue weighted by Crippen LogP contribution is -2.50. The van der Waals surface area contributed by atoms with Crippen LogP contribution in [0.25, 0.3) is 0 Å². The number of hydrogen-bond donors (Lipinski definition) is 1. The maximum Gasteiger partial charge on any atom is 0.322 e. The monoisotopic (exact) mass is 543 g/mol. The summed E-state index contributed by atoms with van der Waals surface area (Å²) in [5.41, 5.74) is 3.40. The number of hydrogen-bond acceptors (Lipinski definition) is 5. The van der Waals surface area contributed by atoms with Gasteiger partial charge in [-0.15, -0.1) is 0 Å². The van der Waals surface area contributed by atoms with Crippen LogP contribution >= 0.6 is 0 Å². The lowest BCUT2D eigenvalue weighted by molar-refractivity contribution is -0.141. The minimum Gasteiger partial charge on any atom is -0.493 e. The quantitative estimate of drug-likeness (QED) is 0.312. The third kappa shape index (κ3) is 5.39. The van der Waals surface area contributed by atoms with Crippen LogP contribution in [0.3, 0.4) is 0 Å². The van der Waals surface area contributed by atoms with Gasteiger partial charge in [0.25, 0.3) is 0 Å². The summed E-state index contributed by atoms with van der Waals surface area (Å²) >= 11 is 0. The maximum atomic E-state index is 14.3. The Morgan fingerprint density at radius 3 is 2.00 bits per heavy atom. The molecule has 1 atom stereocenters. The van der Waals surface area contributed by atoms with Crippen molar-refractivity contribution >= 4 is 16.0 Å². The highest BCUT2D eigenvalue weighted by Gasteiger charge is 2.44. The molecule has 0 amide bonds. The largest absolute Gasteiger partial charge is 0.493 e. The van der Waals surface area contributed by atoms with Crippen LogP contribution < -0.4 is 9.47 Å². The molecule has 0 saturated carbocycles. The average Bonchev–Trinajstić information content (AvgIpc) is 2.96. The Balaban J connectivity index is 1.56. The molecule has 0 fully saturated rings. The third-order valence-electron chi connectivity index (χ3n) is 6.95. The van der Waals surface area contributed by atoms with Crippen LogP contribution in [0.2, 0.25) is 0 Å². The minimum absolute atomic E-state index is 0.0540. The number of rotatable bonds is 9. The number of benzene rings is 4. The van der Waals surface area contributed by atoms with Crippen LogP contribution in [0, 0.1) is 0 Å². The van der Waals surface area contributed by atoms with Gasteiger partial charge in [0, 0.05) is 18.5 Å². The van der Waals surface area contributed by atoms with Crippen molar-refractivity contribution < 1.29 is 27.8 Å². The zero-order valence-corrected chi connectivity index (χ0v) is 22.3. The molecule has 4 aromatic carbocycles. The summed E-state index contributed by atoms with van der Waals surface area (Å²) in [6.07, 6.45) is -0.0540. The van der Waals surface area contributed by atoms with Gasteiger partial charge >= 0.3 is 5.97 Å². The molecule has 0 bridgehead atoms. The molecule has 5 rings (SSSR count). The second-order valence-corrected chi connectivity index (χ2v) is 11.3. The number of carboxylic acid groups (broad SMARTS) is 1. The Bertz CT molecular complexity index is 1500. The van der Waals surface area contributed by atoms with Crippen molar-refractivity contribution in [2.45, 2.75) is 30.9 Å². The summed E-state index contributed by atoms with van der Waals surface area (Å²) < 4.78 is 41.5. The van der Waals surface area contributed by atoms with Crippen molar-refractivity contribution in [2.24, 2.45) is 0 Å². The summed E-state index contributed by atoms with van der Waals surface area (Å²) in [5, 5.41) is 9.21. The fraction of sp³-hybridized carbons (Fsp3) is 0.194. The highest BCUT2D eigenvalue weighted by molar-refractivity contribution is 7.89. The normalized spacial score (nSPS) is 15.5. The SMILES string of the molecule is COc1ccc2c(c1OCc1ccccc1)CC(C(=O)O)N(S(=O)(=O)C(c1ccccc1)c1ccccc1)C2. The van der Waals surface area contributed by atoms with E-state index < -0.39 is 27.3 Å². The summed E-state index contributed by atoms with van der Waals surface area (Å²) in [5.74, 6) is -0.317. The first kappa shape index (κ1) is 26.5. The van der Waals surface area contributed by atoms with Crippen molar-refractivity contribution in [3.63, 3.8) is 0 Å². The van der Waals surface area contributed by atoms with Gasteiger partial charge in [0.05, 0.1) is 7.11 Å². The molecule has 1 aliphatic heterocycles. The van der Waals surface area contributed by atoms with Crippen LogP contribution in [-0.4, -0.2) is 37.0 Å². The van der Waals surface area contributed by atoms with Crippen molar-refractivity contribution in [1.29, 1.82) is 0 Å². The van der Waals surface area contributed by atoms with Gasteiger partial charge in [-0.3, -0.25) is 4.79 Å². The summed E-state index contributed by atoms with van der Waals surface area (Å²) in [6.45, 7) is 0.161. The predicted octanol–water partition coefficient (Wildman–Crippen LogP) is 5.20. The van der Waals surface area contributed by atoms with Crippen molar-refractivity contribution in [3.05, 3.63) is 131 Å². The minimum atomic E-state index is -4.17. The first-order valence-electron chi connectivity index (χ1n) is 12.6. The first-order valence-corrected chi connectivity index (χ1v) is 14.1. The Morgan fingerprint density at radius 1 is 0.897 bits per heavy atom. The number of ether oxygens (including phenoxy) is 2. The van der Waals surface area contributed by atoms with E-state index in [-0.39, 0.29) is 19.6 Å². The molecule has 0 spiro atoms.